The van der Waals surface area contributed by atoms with Gasteiger partial charge in [0.1, 0.15) is 0 Å². The lowest BCUT2D eigenvalue weighted by atomic mass is 9.86. The Morgan fingerprint density at radius 1 is 1.21 bits per heavy atom. The van der Waals surface area contributed by atoms with Gasteiger partial charge in [-0.05, 0) is 56.5 Å². The maximum Gasteiger partial charge on any atom is 0.0274 e. The molecule has 2 heteroatoms. The predicted octanol–water partition coefficient (Wildman–Crippen LogP) is 3.66. The van der Waals surface area contributed by atoms with Gasteiger partial charge in [-0.25, -0.2) is 0 Å². The lowest BCUT2D eigenvalue weighted by Gasteiger charge is -2.38. The van der Waals surface area contributed by atoms with Crippen molar-refractivity contribution in [1.82, 2.24) is 10.2 Å². The van der Waals surface area contributed by atoms with E-state index in [0.29, 0.717) is 11.5 Å². The molecular weight excluding hydrogens is 232 g/mol. The minimum Gasteiger partial charge on any atom is -0.312 e. The van der Waals surface area contributed by atoms with Crippen LogP contribution in [-0.2, 0) is 0 Å². The smallest absolute Gasteiger partial charge is 0.0274 e. The molecule has 2 aliphatic rings. The van der Waals surface area contributed by atoms with E-state index < -0.39 is 0 Å². The fourth-order valence-electron chi connectivity index (χ4n) is 3.79. The highest BCUT2D eigenvalue weighted by Crippen LogP contribution is 2.43. The molecule has 0 aromatic heterocycles. The molecule has 0 spiro atoms. The summed E-state index contributed by atoms with van der Waals surface area (Å²) >= 11 is 0. The predicted molar refractivity (Wildman–Crippen MR) is 83.5 cm³/mol. The molecule has 0 radical (unpaired) electrons. The average Bonchev–Trinajstić information content (AvgIpc) is 3.10. The topological polar surface area (TPSA) is 15.3 Å². The van der Waals surface area contributed by atoms with E-state index in [1.807, 2.05) is 0 Å². The van der Waals surface area contributed by atoms with Crippen LogP contribution >= 0.6 is 0 Å². The van der Waals surface area contributed by atoms with Crippen molar-refractivity contribution in [1.29, 1.82) is 0 Å². The maximum absolute atomic E-state index is 3.79. The number of hydrogen-bond acceptors (Lipinski definition) is 2. The van der Waals surface area contributed by atoms with Gasteiger partial charge in [0, 0.05) is 18.1 Å². The molecule has 0 saturated heterocycles. The van der Waals surface area contributed by atoms with Crippen LogP contribution in [0.1, 0.15) is 66.7 Å². The van der Waals surface area contributed by atoms with E-state index in [2.05, 4.69) is 44.8 Å². The largest absolute Gasteiger partial charge is 0.312 e. The van der Waals surface area contributed by atoms with Gasteiger partial charge in [-0.1, -0.05) is 34.6 Å². The molecule has 2 nitrogen and oxygen atoms in total. The first kappa shape index (κ1) is 15.3. The third-order valence-corrected chi connectivity index (χ3v) is 5.14. The van der Waals surface area contributed by atoms with Gasteiger partial charge in [0.05, 0.1) is 0 Å². The normalized spacial score (nSPS) is 30.5. The summed E-state index contributed by atoms with van der Waals surface area (Å²) in [5.74, 6) is 0.827. The second-order valence-corrected chi connectivity index (χ2v) is 7.78. The summed E-state index contributed by atoms with van der Waals surface area (Å²) in [6, 6.07) is 2.37. The average molecular weight is 266 g/mol. The first-order chi connectivity index (χ1) is 8.95. The molecule has 0 heterocycles. The lowest BCUT2D eigenvalue weighted by Crippen LogP contribution is -2.52. The van der Waals surface area contributed by atoms with Crippen LogP contribution in [0, 0.1) is 11.3 Å². The molecule has 0 bridgehead atoms. The zero-order valence-electron chi connectivity index (χ0n) is 13.7. The summed E-state index contributed by atoms with van der Waals surface area (Å²) in [5.41, 5.74) is 0.464. The van der Waals surface area contributed by atoms with Crippen molar-refractivity contribution in [2.75, 3.05) is 13.1 Å². The summed E-state index contributed by atoms with van der Waals surface area (Å²) in [4.78, 5) is 2.86. The number of nitrogens with one attached hydrogen (secondary N) is 1. The summed E-state index contributed by atoms with van der Waals surface area (Å²) in [5, 5.41) is 3.79. The van der Waals surface area contributed by atoms with Crippen LogP contribution in [0.2, 0.25) is 0 Å². The molecule has 0 amide bonds. The lowest BCUT2D eigenvalue weighted by molar-refractivity contribution is 0.131. The monoisotopic (exact) mass is 266 g/mol. The van der Waals surface area contributed by atoms with Gasteiger partial charge in [-0.3, -0.25) is 4.90 Å². The number of likely N-dealkylation sites (N-methyl/N-ethyl adjacent to an activating group) is 1. The molecule has 0 aliphatic heterocycles. The van der Waals surface area contributed by atoms with Crippen LogP contribution in [-0.4, -0.2) is 36.1 Å². The summed E-state index contributed by atoms with van der Waals surface area (Å²) in [6.07, 6.45) is 6.99. The van der Waals surface area contributed by atoms with Crippen molar-refractivity contribution >= 4 is 0 Å². The minimum absolute atomic E-state index is 0.464. The van der Waals surface area contributed by atoms with Gasteiger partial charge >= 0.3 is 0 Å². The van der Waals surface area contributed by atoms with Crippen LogP contribution in [0.5, 0.6) is 0 Å². The van der Waals surface area contributed by atoms with E-state index in [4.69, 9.17) is 0 Å². The number of rotatable bonds is 7. The Balaban J connectivity index is 2.03. The second-order valence-electron chi connectivity index (χ2n) is 7.78. The molecule has 19 heavy (non-hydrogen) atoms. The van der Waals surface area contributed by atoms with Crippen molar-refractivity contribution in [3.8, 4) is 0 Å². The summed E-state index contributed by atoms with van der Waals surface area (Å²) < 4.78 is 0. The quantitative estimate of drug-likeness (QED) is 0.756. The standard InChI is InChI=1S/C17H34N2/c1-6-18-16-15(9-11-17(16,4)5)19(14-7-8-14)12-10-13(2)3/h13-16,18H,6-12H2,1-5H3. The van der Waals surface area contributed by atoms with Crippen molar-refractivity contribution < 1.29 is 0 Å². The number of hydrogen-bond donors (Lipinski definition) is 1. The van der Waals surface area contributed by atoms with Crippen molar-refractivity contribution in [3.05, 3.63) is 0 Å². The fraction of sp³-hybridized carbons (Fsp3) is 1.00. The fourth-order valence-corrected chi connectivity index (χ4v) is 3.79. The van der Waals surface area contributed by atoms with E-state index in [1.54, 1.807) is 0 Å². The Labute approximate surface area is 120 Å². The van der Waals surface area contributed by atoms with Gasteiger partial charge in [-0.15, -0.1) is 0 Å². The molecule has 2 saturated carbocycles. The van der Waals surface area contributed by atoms with Gasteiger partial charge in [0.25, 0.3) is 0 Å². The van der Waals surface area contributed by atoms with Crippen molar-refractivity contribution in [2.45, 2.75) is 84.8 Å². The molecule has 2 atom stereocenters. The zero-order chi connectivity index (χ0) is 14.0. The molecule has 0 aromatic rings. The summed E-state index contributed by atoms with van der Waals surface area (Å²) in [7, 11) is 0. The first-order valence-electron chi connectivity index (χ1n) is 8.45. The Morgan fingerprint density at radius 3 is 2.42 bits per heavy atom. The highest BCUT2D eigenvalue weighted by atomic mass is 15.2. The van der Waals surface area contributed by atoms with Crippen LogP contribution in [0.4, 0.5) is 0 Å². The second kappa shape index (κ2) is 6.13. The molecular formula is C17H34N2. The zero-order valence-corrected chi connectivity index (χ0v) is 13.7. The molecule has 0 aromatic carbocycles. The summed E-state index contributed by atoms with van der Waals surface area (Å²) in [6.45, 7) is 14.3. The van der Waals surface area contributed by atoms with Crippen LogP contribution in [0.25, 0.3) is 0 Å². The van der Waals surface area contributed by atoms with E-state index in [1.165, 1.54) is 38.6 Å². The van der Waals surface area contributed by atoms with Gasteiger partial charge in [0.2, 0.25) is 0 Å². The van der Waals surface area contributed by atoms with E-state index >= 15 is 0 Å². The molecule has 2 aliphatic carbocycles. The molecule has 2 unspecified atom stereocenters. The van der Waals surface area contributed by atoms with Gasteiger partial charge < -0.3 is 5.32 Å². The Morgan fingerprint density at radius 2 is 1.89 bits per heavy atom. The number of nitrogens with zero attached hydrogens (tertiary/aromatic N) is 1. The van der Waals surface area contributed by atoms with E-state index in [0.717, 1.165) is 24.5 Å². The van der Waals surface area contributed by atoms with Crippen LogP contribution in [0.15, 0.2) is 0 Å². The third kappa shape index (κ3) is 3.72. The van der Waals surface area contributed by atoms with E-state index in [9.17, 15) is 0 Å². The van der Waals surface area contributed by atoms with Crippen molar-refractivity contribution in [2.24, 2.45) is 11.3 Å². The Hall–Kier alpha value is -0.0800. The SMILES string of the molecule is CCNC1C(N(CCC(C)C)C2CC2)CCC1(C)C. The highest BCUT2D eigenvalue weighted by molar-refractivity contribution is 5.03. The van der Waals surface area contributed by atoms with Gasteiger partial charge in [-0.2, -0.15) is 0 Å². The first-order valence-corrected chi connectivity index (χ1v) is 8.45. The maximum atomic E-state index is 3.79. The molecule has 2 fully saturated rings. The Kier molecular flexibility index (Phi) is 4.94. The molecule has 2 rings (SSSR count). The molecule has 1 N–H and O–H groups in total. The van der Waals surface area contributed by atoms with Gasteiger partial charge in [0.15, 0.2) is 0 Å². The molecule has 112 valence electrons. The van der Waals surface area contributed by atoms with Crippen molar-refractivity contribution in [3.63, 3.8) is 0 Å². The minimum atomic E-state index is 0.464. The Bertz CT molecular complexity index is 281. The third-order valence-electron chi connectivity index (χ3n) is 5.14. The van der Waals surface area contributed by atoms with Crippen LogP contribution in [0.3, 0.4) is 0 Å². The highest BCUT2D eigenvalue weighted by Gasteiger charge is 2.46. The van der Waals surface area contributed by atoms with E-state index in [-0.39, 0.29) is 0 Å². The van der Waals surface area contributed by atoms with Crippen LogP contribution < -0.4 is 5.32 Å².